The summed E-state index contributed by atoms with van der Waals surface area (Å²) < 4.78 is 16.9. The molecule has 0 amide bonds. The summed E-state index contributed by atoms with van der Waals surface area (Å²) in [6.07, 6.45) is 0.930. The Morgan fingerprint density at radius 3 is 2.86 bits per heavy atom. The predicted octanol–water partition coefficient (Wildman–Crippen LogP) is 2.54. The Morgan fingerprint density at radius 1 is 1.24 bits per heavy atom. The molecule has 1 unspecified atom stereocenters. The average Bonchev–Trinajstić information content (AvgIpc) is 2.95. The number of methoxy groups -OCH3 is 1. The van der Waals surface area contributed by atoms with Crippen molar-refractivity contribution in [2.24, 2.45) is 5.73 Å². The molecule has 0 radical (unpaired) electrons. The fraction of sp³-hybridized carbons (Fsp3) is 0.294. The predicted molar refractivity (Wildman–Crippen MR) is 80.9 cm³/mol. The molecule has 0 bridgehead atoms. The number of hydrogen-bond donors (Lipinski definition) is 1. The van der Waals surface area contributed by atoms with Gasteiger partial charge < -0.3 is 19.9 Å². The minimum atomic E-state index is 0.0510. The van der Waals surface area contributed by atoms with Gasteiger partial charge in [0.2, 0.25) is 0 Å². The molecule has 1 atom stereocenters. The van der Waals surface area contributed by atoms with Crippen LogP contribution in [0, 0.1) is 0 Å². The summed E-state index contributed by atoms with van der Waals surface area (Å²) in [6, 6.07) is 13.8. The van der Waals surface area contributed by atoms with Crippen LogP contribution in [0.3, 0.4) is 0 Å². The average molecular weight is 285 g/mol. The Morgan fingerprint density at radius 2 is 2.10 bits per heavy atom. The van der Waals surface area contributed by atoms with E-state index in [1.54, 1.807) is 7.11 Å². The normalized spacial score (nSPS) is 16.2. The molecule has 0 saturated heterocycles. The second-order valence-electron chi connectivity index (χ2n) is 5.04. The van der Waals surface area contributed by atoms with Gasteiger partial charge in [0.05, 0.1) is 7.11 Å². The van der Waals surface area contributed by atoms with Crippen molar-refractivity contribution in [3.63, 3.8) is 0 Å². The fourth-order valence-corrected chi connectivity index (χ4v) is 2.51. The highest BCUT2D eigenvalue weighted by Gasteiger charge is 2.23. The van der Waals surface area contributed by atoms with E-state index < -0.39 is 0 Å². The second-order valence-corrected chi connectivity index (χ2v) is 5.04. The van der Waals surface area contributed by atoms with E-state index in [0.717, 1.165) is 29.2 Å². The Balaban J connectivity index is 1.64. The van der Waals surface area contributed by atoms with Crippen LogP contribution < -0.4 is 19.9 Å². The molecule has 110 valence electrons. The number of rotatable bonds is 5. The zero-order valence-electron chi connectivity index (χ0n) is 12.0. The van der Waals surface area contributed by atoms with E-state index in [0.29, 0.717) is 13.2 Å². The molecule has 3 rings (SSSR count). The SMILES string of the molecule is COc1ccc(OCC2Cc3ccccc3O2)c(CN)c1. The van der Waals surface area contributed by atoms with Crippen molar-refractivity contribution in [1.82, 2.24) is 0 Å². The molecule has 0 spiro atoms. The summed E-state index contributed by atoms with van der Waals surface area (Å²) in [4.78, 5) is 0. The molecule has 2 N–H and O–H groups in total. The van der Waals surface area contributed by atoms with E-state index in [1.165, 1.54) is 5.56 Å². The van der Waals surface area contributed by atoms with E-state index in [9.17, 15) is 0 Å². The van der Waals surface area contributed by atoms with Gasteiger partial charge in [-0.25, -0.2) is 0 Å². The van der Waals surface area contributed by atoms with Crippen LogP contribution in [-0.2, 0) is 13.0 Å². The maximum Gasteiger partial charge on any atom is 0.137 e. The van der Waals surface area contributed by atoms with Crippen molar-refractivity contribution in [3.8, 4) is 17.2 Å². The molecule has 4 heteroatoms. The van der Waals surface area contributed by atoms with E-state index in [4.69, 9.17) is 19.9 Å². The standard InChI is InChI=1S/C17H19NO3/c1-19-14-6-7-16(13(9-14)10-18)20-11-15-8-12-4-2-3-5-17(12)21-15/h2-7,9,15H,8,10-11,18H2,1H3. The van der Waals surface area contributed by atoms with Gasteiger partial charge >= 0.3 is 0 Å². The lowest BCUT2D eigenvalue weighted by atomic mass is 10.1. The van der Waals surface area contributed by atoms with Crippen molar-refractivity contribution in [1.29, 1.82) is 0 Å². The first-order valence-corrected chi connectivity index (χ1v) is 7.04. The molecular weight excluding hydrogens is 266 g/mol. The van der Waals surface area contributed by atoms with E-state index >= 15 is 0 Å². The number of nitrogens with two attached hydrogens (primary N) is 1. The molecule has 0 fully saturated rings. The molecule has 1 aliphatic heterocycles. The minimum Gasteiger partial charge on any atom is -0.497 e. The van der Waals surface area contributed by atoms with E-state index in [1.807, 2.05) is 36.4 Å². The number of para-hydroxylation sites is 1. The summed E-state index contributed by atoms with van der Waals surface area (Å²) in [5.41, 5.74) is 7.93. The second kappa shape index (κ2) is 6.06. The van der Waals surface area contributed by atoms with Gasteiger partial charge in [-0.15, -0.1) is 0 Å². The zero-order chi connectivity index (χ0) is 14.7. The minimum absolute atomic E-state index is 0.0510. The van der Waals surface area contributed by atoms with Gasteiger partial charge in [0.1, 0.15) is 30.0 Å². The van der Waals surface area contributed by atoms with Crippen LogP contribution in [0.5, 0.6) is 17.2 Å². The van der Waals surface area contributed by atoms with Crippen LogP contribution in [0.15, 0.2) is 42.5 Å². The van der Waals surface area contributed by atoms with Crippen molar-refractivity contribution >= 4 is 0 Å². The molecule has 0 aromatic heterocycles. The smallest absolute Gasteiger partial charge is 0.137 e. The monoisotopic (exact) mass is 285 g/mol. The highest BCUT2D eigenvalue weighted by Crippen LogP contribution is 2.29. The Hall–Kier alpha value is -2.20. The third-order valence-corrected chi connectivity index (χ3v) is 3.63. The maximum absolute atomic E-state index is 5.88. The third-order valence-electron chi connectivity index (χ3n) is 3.63. The summed E-state index contributed by atoms with van der Waals surface area (Å²) in [5, 5.41) is 0. The van der Waals surface area contributed by atoms with Crippen molar-refractivity contribution in [2.75, 3.05) is 13.7 Å². The number of hydrogen-bond acceptors (Lipinski definition) is 4. The van der Waals surface area contributed by atoms with E-state index in [-0.39, 0.29) is 6.10 Å². The fourth-order valence-electron chi connectivity index (χ4n) is 2.51. The molecule has 1 heterocycles. The first-order chi connectivity index (χ1) is 10.3. The van der Waals surface area contributed by atoms with Crippen LogP contribution in [-0.4, -0.2) is 19.8 Å². The lowest BCUT2D eigenvalue weighted by Crippen LogP contribution is -2.22. The van der Waals surface area contributed by atoms with Gasteiger partial charge in [0, 0.05) is 18.5 Å². The van der Waals surface area contributed by atoms with Gasteiger partial charge in [-0.3, -0.25) is 0 Å². The Kier molecular flexibility index (Phi) is 3.97. The first-order valence-electron chi connectivity index (χ1n) is 7.04. The van der Waals surface area contributed by atoms with Gasteiger partial charge in [-0.2, -0.15) is 0 Å². The van der Waals surface area contributed by atoms with Crippen molar-refractivity contribution in [3.05, 3.63) is 53.6 Å². The molecule has 0 aliphatic carbocycles. The maximum atomic E-state index is 5.88. The lowest BCUT2D eigenvalue weighted by Gasteiger charge is -2.15. The molecule has 4 nitrogen and oxygen atoms in total. The Labute approximate surface area is 124 Å². The van der Waals surface area contributed by atoms with Crippen molar-refractivity contribution in [2.45, 2.75) is 19.1 Å². The molecule has 2 aromatic rings. The first kappa shape index (κ1) is 13.8. The highest BCUT2D eigenvalue weighted by atomic mass is 16.5. The van der Waals surface area contributed by atoms with Crippen LogP contribution in [0.1, 0.15) is 11.1 Å². The van der Waals surface area contributed by atoms with Crippen LogP contribution in [0.2, 0.25) is 0 Å². The number of ether oxygens (including phenoxy) is 3. The zero-order valence-corrected chi connectivity index (χ0v) is 12.0. The van der Waals surface area contributed by atoms with Crippen LogP contribution >= 0.6 is 0 Å². The van der Waals surface area contributed by atoms with Gasteiger partial charge in [0.15, 0.2) is 0 Å². The molecule has 0 saturated carbocycles. The largest absolute Gasteiger partial charge is 0.497 e. The highest BCUT2D eigenvalue weighted by molar-refractivity contribution is 5.40. The molecule has 2 aromatic carbocycles. The van der Waals surface area contributed by atoms with Gasteiger partial charge in [0.25, 0.3) is 0 Å². The van der Waals surface area contributed by atoms with Gasteiger partial charge in [-0.1, -0.05) is 18.2 Å². The molecular formula is C17H19NO3. The van der Waals surface area contributed by atoms with Crippen LogP contribution in [0.4, 0.5) is 0 Å². The molecule has 21 heavy (non-hydrogen) atoms. The summed E-state index contributed by atoms with van der Waals surface area (Å²) in [5.74, 6) is 2.53. The third kappa shape index (κ3) is 2.95. The lowest BCUT2D eigenvalue weighted by molar-refractivity contribution is 0.148. The quantitative estimate of drug-likeness (QED) is 0.917. The summed E-state index contributed by atoms with van der Waals surface area (Å²) >= 11 is 0. The summed E-state index contributed by atoms with van der Waals surface area (Å²) in [7, 11) is 1.64. The molecule has 1 aliphatic rings. The van der Waals surface area contributed by atoms with Crippen LogP contribution in [0.25, 0.3) is 0 Å². The number of benzene rings is 2. The van der Waals surface area contributed by atoms with Gasteiger partial charge in [-0.05, 0) is 29.8 Å². The Bertz CT molecular complexity index is 602. The topological polar surface area (TPSA) is 53.7 Å². The number of fused-ring (bicyclic) bond motifs is 1. The van der Waals surface area contributed by atoms with Crippen molar-refractivity contribution < 1.29 is 14.2 Å². The summed E-state index contributed by atoms with van der Waals surface area (Å²) in [6.45, 7) is 0.923. The van der Waals surface area contributed by atoms with E-state index in [2.05, 4.69) is 6.07 Å².